The highest BCUT2D eigenvalue weighted by molar-refractivity contribution is 5.95. The summed E-state index contributed by atoms with van der Waals surface area (Å²) in [5, 5.41) is 7.63. The van der Waals surface area contributed by atoms with E-state index in [1.165, 1.54) is 12.1 Å². The minimum Gasteiger partial charge on any atom is -0.384 e. The third-order valence-electron chi connectivity index (χ3n) is 7.56. The molecule has 2 aromatic rings. The Bertz CT molecular complexity index is 1040. The Hall–Kier alpha value is -2.87. The fourth-order valence-corrected chi connectivity index (χ4v) is 6.30. The number of alkyl halides is 2. The van der Waals surface area contributed by atoms with Crippen LogP contribution in [0, 0.1) is 23.1 Å². The maximum absolute atomic E-state index is 13.8. The zero-order valence-electron chi connectivity index (χ0n) is 18.1. The molecule has 0 unspecified atom stereocenters. The highest BCUT2D eigenvalue weighted by Gasteiger charge is 2.62. The van der Waals surface area contributed by atoms with E-state index in [0.717, 1.165) is 30.5 Å². The third kappa shape index (κ3) is 3.80. The number of nitrogens with two attached hydrogens (primary N) is 1. The molecule has 5 rings (SSSR count). The van der Waals surface area contributed by atoms with Crippen LogP contribution in [0.15, 0.2) is 48.5 Å². The van der Waals surface area contributed by atoms with Gasteiger partial charge < -0.3 is 10.6 Å². The maximum atomic E-state index is 13.8. The topological polar surface area (TPSA) is 73.4 Å². The molecule has 5 atom stereocenters. The number of nitrogens with zero attached hydrogens (tertiary/aromatic N) is 2. The first-order valence-electron chi connectivity index (χ1n) is 11.4. The Morgan fingerprint density at radius 3 is 2.45 bits per heavy atom. The number of amidine groups is 1. The Balaban J connectivity index is 1.51. The van der Waals surface area contributed by atoms with Crippen molar-refractivity contribution in [1.82, 2.24) is 9.80 Å². The SMILES string of the molecule is N=C(N)c1ccc([C@H]2[C@H]3C(=O)N(Cc4ccc(F)cc4)[C@H](CC(F)F)[C@H]3[C@@H]3CCCN32)cc1. The summed E-state index contributed by atoms with van der Waals surface area (Å²) in [7, 11) is 0. The molecule has 33 heavy (non-hydrogen) atoms. The molecular weight excluding hydrogens is 429 g/mol. The molecule has 174 valence electrons. The van der Waals surface area contributed by atoms with Crippen LogP contribution >= 0.6 is 0 Å². The first-order valence-corrected chi connectivity index (χ1v) is 11.4. The van der Waals surface area contributed by atoms with E-state index in [4.69, 9.17) is 11.1 Å². The number of halogens is 3. The van der Waals surface area contributed by atoms with E-state index in [2.05, 4.69) is 4.90 Å². The van der Waals surface area contributed by atoms with Crippen molar-refractivity contribution in [2.24, 2.45) is 17.6 Å². The zero-order valence-corrected chi connectivity index (χ0v) is 18.1. The summed E-state index contributed by atoms with van der Waals surface area (Å²) < 4.78 is 40.7. The minimum absolute atomic E-state index is 0.0238. The predicted molar refractivity (Wildman–Crippen MR) is 118 cm³/mol. The van der Waals surface area contributed by atoms with Gasteiger partial charge in [-0.1, -0.05) is 36.4 Å². The first kappa shape index (κ1) is 21.9. The molecule has 0 radical (unpaired) electrons. The van der Waals surface area contributed by atoms with Crippen LogP contribution in [0.1, 0.15) is 42.0 Å². The van der Waals surface area contributed by atoms with Crippen molar-refractivity contribution in [2.75, 3.05) is 6.54 Å². The summed E-state index contributed by atoms with van der Waals surface area (Å²) in [6.45, 7) is 1.04. The Morgan fingerprint density at radius 1 is 1.12 bits per heavy atom. The van der Waals surface area contributed by atoms with E-state index in [1.807, 2.05) is 12.1 Å². The number of carbonyl (C=O) groups is 1. The van der Waals surface area contributed by atoms with Gasteiger partial charge in [0.15, 0.2) is 0 Å². The molecule has 0 aliphatic carbocycles. The third-order valence-corrected chi connectivity index (χ3v) is 7.56. The molecule has 8 heteroatoms. The highest BCUT2D eigenvalue weighted by Crippen LogP contribution is 2.55. The average Bonchev–Trinajstić information content (AvgIpc) is 3.43. The van der Waals surface area contributed by atoms with Crippen molar-refractivity contribution >= 4 is 11.7 Å². The lowest BCUT2D eigenvalue weighted by Gasteiger charge is -2.33. The molecule has 1 amide bonds. The van der Waals surface area contributed by atoms with E-state index in [-0.39, 0.29) is 48.5 Å². The molecule has 3 saturated heterocycles. The number of likely N-dealkylation sites (tertiary alicyclic amines) is 1. The molecule has 3 aliphatic heterocycles. The molecule has 0 saturated carbocycles. The van der Waals surface area contributed by atoms with Gasteiger partial charge in [0.25, 0.3) is 0 Å². The van der Waals surface area contributed by atoms with Gasteiger partial charge in [0.1, 0.15) is 11.7 Å². The Morgan fingerprint density at radius 2 is 1.82 bits per heavy atom. The number of hydrogen-bond acceptors (Lipinski definition) is 3. The number of amides is 1. The van der Waals surface area contributed by atoms with Crippen LogP contribution < -0.4 is 5.73 Å². The second-order valence-electron chi connectivity index (χ2n) is 9.32. The second-order valence-corrected chi connectivity index (χ2v) is 9.32. The van der Waals surface area contributed by atoms with Gasteiger partial charge in [-0.15, -0.1) is 0 Å². The summed E-state index contributed by atoms with van der Waals surface area (Å²) in [5.74, 6) is -1.08. The van der Waals surface area contributed by atoms with E-state index in [1.54, 1.807) is 29.2 Å². The summed E-state index contributed by atoms with van der Waals surface area (Å²) in [4.78, 5) is 17.7. The van der Waals surface area contributed by atoms with Crippen LogP contribution in [0.4, 0.5) is 13.2 Å². The molecule has 2 aromatic carbocycles. The lowest BCUT2D eigenvalue weighted by Crippen LogP contribution is -2.42. The number of nitrogens with one attached hydrogen (secondary N) is 1. The molecule has 0 aromatic heterocycles. The monoisotopic (exact) mass is 456 g/mol. The molecule has 0 bridgehead atoms. The van der Waals surface area contributed by atoms with Crippen molar-refractivity contribution in [3.8, 4) is 0 Å². The van der Waals surface area contributed by atoms with Crippen LogP contribution in [-0.2, 0) is 11.3 Å². The summed E-state index contributed by atoms with van der Waals surface area (Å²) in [6.07, 6.45) is -1.00. The average molecular weight is 457 g/mol. The van der Waals surface area contributed by atoms with Gasteiger partial charge >= 0.3 is 0 Å². The summed E-state index contributed by atoms with van der Waals surface area (Å²) >= 11 is 0. The summed E-state index contributed by atoms with van der Waals surface area (Å²) in [5.41, 5.74) is 7.88. The van der Waals surface area contributed by atoms with Crippen molar-refractivity contribution in [1.29, 1.82) is 5.41 Å². The number of nitrogen functional groups attached to an aromatic ring is 1. The number of rotatable bonds is 6. The summed E-state index contributed by atoms with van der Waals surface area (Å²) in [6, 6.07) is 12.6. The standard InChI is InChI=1S/C25H27F3N4O/c26-17-9-3-14(4-10-17)13-32-19(12-20(27)28)21-18-2-1-11-31(18)23(22(21)25(32)33)15-5-7-16(8-6-15)24(29)30/h3-10,18-23H,1-2,11-13H2,(H3,29,30)/t18-,19+,21+,22-,23-/m0/s1. The normalized spacial score (nSPS) is 29.0. The fourth-order valence-electron chi connectivity index (χ4n) is 6.30. The molecular formula is C25H27F3N4O. The fraction of sp³-hybridized carbons (Fsp3) is 0.440. The van der Waals surface area contributed by atoms with Gasteiger partial charge in [-0.05, 0) is 42.6 Å². The van der Waals surface area contributed by atoms with Crippen molar-refractivity contribution in [3.05, 3.63) is 71.0 Å². The second kappa shape index (κ2) is 8.48. The number of carbonyl (C=O) groups excluding carboxylic acids is 1. The highest BCUT2D eigenvalue weighted by atomic mass is 19.3. The molecule has 3 aliphatic rings. The molecule has 0 spiro atoms. The van der Waals surface area contributed by atoms with E-state index >= 15 is 0 Å². The number of benzene rings is 2. The Kier molecular flexibility index (Phi) is 5.64. The van der Waals surface area contributed by atoms with Gasteiger partial charge in [0, 0.05) is 42.6 Å². The van der Waals surface area contributed by atoms with Crippen molar-refractivity contribution in [2.45, 2.75) is 50.4 Å². The quantitative estimate of drug-likeness (QED) is 0.511. The van der Waals surface area contributed by atoms with Crippen LogP contribution in [0.25, 0.3) is 0 Å². The largest absolute Gasteiger partial charge is 0.384 e. The lowest BCUT2D eigenvalue weighted by atomic mass is 9.81. The first-order chi connectivity index (χ1) is 15.8. The number of hydrogen-bond donors (Lipinski definition) is 2. The lowest BCUT2D eigenvalue weighted by molar-refractivity contribution is -0.134. The van der Waals surface area contributed by atoms with E-state index in [9.17, 15) is 18.0 Å². The molecule has 5 nitrogen and oxygen atoms in total. The molecule has 3 heterocycles. The molecule has 3 fully saturated rings. The predicted octanol–water partition coefficient (Wildman–Crippen LogP) is 3.93. The van der Waals surface area contributed by atoms with Crippen molar-refractivity contribution in [3.63, 3.8) is 0 Å². The molecule has 3 N–H and O–H groups in total. The van der Waals surface area contributed by atoms with Crippen molar-refractivity contribution < 1.29 is 18.0 Å². The van der Waals surface area contributed by atoms with E-state index in [0.29, 0.717) is 5.56 Å². The van der Waals surface area contributed by atoms with Crippen LogP contribution in [-0.4, -0.2) is 46.6 Å². The maximum Gasteiger partial charge on any atom is 0.240 e. The van der Waals surface area contributed by atoms with E-state index < -0.39 is 18.4 Å². The van der Waals surface area contributed by atoms with Crippen LogP contribution in [0.3, 0.4) is 0 Å². The van der Waals surface area contributed by atoms with Gasteiger partial charge in [-0.25, -0.2) is 13.2 Å². The zero-order chi connectivity index (χ0) is 23.3. The van der Waals surface area contributed by atoms with Crippen LogP contribution in [0.5, 0.6) is 0 Å². The number of fused-ring (bicyclic) bond motifs is 3. The van der Waals surface area contributed by atoms with Gasteiger partial charge in [0.05, 0.1) is 5.92 Å². The van der Waals surface area contributed by atoms with Gasteiger partial charge in [0.2, 0.25) is 12.3 Å². The van der Waals surface area contributed by atoms with Crippen LogP contribution in [0.2, 0.25) is 0 Å². The minimum atomic E-state index is -2.51. The smallest absolute Gasteiger partial charge is 0.240 e. The van der Waals surface area contributed by atoms with Gasteiger partial charge in [-0.3, -0.25) is 15.1 Å². The Labute approximate surface area is 190 Å². The van der Waals surface area contributed by atoms with Gasteiger partial charge in [-0.2, -0.15) is 0 Å².